The van der Waals surface area contributed by atoms with Crippen LogP contribution in [-0.2, 0) is 19.6 Å². The van der Waals surface area contributed by atoms with Gasteiger partial charge in [-0.3, -0.25) is 0 Å². The van der Waals surface area contributed by atoms with Crippen LogP contribution in [0.2, 0.25) is 5.02 Å². The summed E-state index contributed by atoms with van der Waals surface area (Å²) in [7, 11) is 0. The van der Waals surface area contributed by atoms with Crippen LogP contribution in [0.1, 0.15) is 35.5 Å². The molecule has 5 aromatic rings. The predicted octanol–water partition coefficient (Wildman–Crippen LogP) is 7.47. The molecule has 7 heteroatoms. The maximum atomic E-state index is 6.25. The first-order chi connectivity index (χ1) is 18.1. The van der Waals surface area contributed by atoms with Crippen molar-refractivity contribution in [1.82, 2.24) is 14.2 Å². The molecule has 0 unspecified atom stereocenters. The highest BCUT2D eigenvalue weighted by Crippen LogP contribution is 2.38. The zero-order valence-electron chi connectivity index (χ0n) is 20.6. The van der Waals surface area contributed by atoms with Crippen molar-refractivity contribution < 1.29 is 4.74 Å². The molecular formula is C30H27ClN4OS. The van der Waals surface area contributed by atoms with Gasteiger partial charge in [0.2, 0.25) is 0 Å². The second-order valence-electron chi connectivity index (χ2n) is 9.39. The van der Waals surface area contributed by atoms with E-state index in [0.29, 0.717) is 16.6 Å². The van der Waals surface area contributed by atoms with Crippen LogP contribution in [0.15, 0.2) is 78.9 Å². The number of nitrogens with one attached hydrogen (secondary N) is 1. The molecule has 0 bridgehead atoms. The van der Waals surface area contributed by atoms with Gasteiger partial charge in [-0.1, -0.05) is 66.3 Å². The van der Waals surface area contributed by atoms with E-state index in [-0.39, 0.29) is 0 Å². The fourth-order valence-corrected chi connectivity index (χ4v) is 5.56. The Morgan fingerprint density at radius 2 is 1.84 bits per heavy atom. The van der Waals surface area contributed by atoms with Crippen LogP contribution in [0.5, 0.6) is 5.75 Å². The lowest BCUT2D eigenvalue weighted by atomic mass is 9.98. The molecule has 5 nitrogen and oxygen atoms in total. The van der Waals surface area contributed by atoms with E-state index in [2.05, 4.69) is 41.1 Å². The number of benzene rings is 3. The molecule has 0 aliphatic carbocycles. The van der Waals surface area contributed by atoms with Gasteiger partial charge in [-0.05, 0) is 73.7 Å². The van der Waals surface area contributed by atoms with Crippen LogP contribution < -0.4 is 10.1 Å². The van der Waals surface area contributed by atoms with E-state index in [1.165, 1.54) is 11.1 Å². The number of para-hydroxylation sites is 1. The van der Waals surface area contributed by atoms with Crippen LogP contribution in [0, 0.1) is 6.92 Å². The summed E-state index contributed by atoms with van der Waals surface area (Å²) in [6.07, 6.45) is 3.14. The molecule has 2 aromatic heterocycles. The van der Waals surface area contributed by atoms with Crippen molar-refractivity contribution in [3.63, 3.8) is 0 Å². The first-order valence-corrected chi connectivity index (χ1v) is 13.3. The second kappa shape index (κ2) is 10.0. The number of aryl methyl sites for hydroxylation is 3. The summed E-state index contributed by atoms with van der Waals surface area (Å²) >= 11 is 12.3. The molecular weight excluding hydrogens is 500 g/mol. The Hall–Kier alpha value is -3.61. The Morgan fingerprint density at radius 3 is 2.62 bits per heavy atom. The molecule has 37 heavy (non-hydrogen) atoms. The lowest BCUT2D eigenvalue weighted by Crippen LogP contribution is -2.15. The van der Waals surface area contributed by atoms with E-state index in [1.807, 2.05) is 59.1 Å². The Balaban J connectivity index is 1.50. The Kier molecular flexibility index (Phi) is 6.45. The maximum Gasteiger partial charge on any atom is 0.169 e. The van der Waals surface area contributed by atoms with E-state index in [1.54, 1.807) is 0 Å². The minimum absolute atomic E-state index is 0.388. The van der Waals surface area contributed by atoms with Crippen LogP contribution in [0.25, 0.3) is 16.8 Å². The molecule has 6 rings (SSSR count). The number of anilines is 1. The maximum absolute atomic E-state index is 6.25. The number of halogens is 1. The van der Waals surface area contributed by atoms with Crippen LogP contribution in [-0.4, -0.2) is 19.2 Å². The zero-order valence-corrected chi connectivity index (χ0v) is 22.1. The lowest BCUT2D eigenvalue weighted by molar-refractivity contribution is 0.288. The molecule has 3 aromatic carbocycles. The topological polar surface area (TPSA) is 43.5 Å². The Labute approximate surface area is 226 Å². The number of aromatic nitrogens is 3. The van der Waals surface area contributed by atoms with Crippen molar-refractivity contribution in [3.8, 4) is 16.9 Å². The van der Waals surface area contributed by atoms with E-state index in [4.69, 9.17) is 33.7 Å². The first kappa shape index (κ1) is 23.8. The fraction of sp³-hybridized carbons (Fsp3) is 0.200. The van der Waals surface area contributed by atoms with Crippen LogP contribution in [0.4, 0.5) is 5.69 Å². The van der Waals surface area contributed by atoms with Gasteiger partial charge in [-0.2, -0.15) is 0 Å². The van der Waals surface area contributed by atoms with Crippen molar-refractivity contribution >= 4 is 40.1 Å². The predicted molar refractivity (Wildman–Crippen MR) is 154 cm³/mol. The molecule has 0 saturated heterocycles. The molecule has 186 valence electrons. The van der Waals surface area contributed by atoms with Gasteiger partial charge in [0.15, 0.2) is 5.82 Å². The van der Waals surface area contributed by atoms with Gasteiger partial charge in [0.25, 0.3) is 0 Å². The summed E-state index contributed by atoms with van der Waals surface area (Å²) in [5.41, 5.74) is 7.59. The van der Waals surface area contributed by atoms with Gasteiger partial charge in [0, 0.05) is 28.4 Å². The van der Waals surface area contributed by atoms with Gasteiger partial charge in [0.05, 0.1) is 0 Å². The molecule has 0 radical (unpaired) electrons. The monoisotopic (exact) mass is 526 g/mol. The Morgan fingerprint density at radius 1 is 1.03 bits per heavy atom. The molecule has 0 atom stereocenters. The van der Waals surface area contributed by atoms with E-state index in [9.17, 15) is 0 Å². The van der Waals surface area contributed by atoms with Crippen LogP contribution in [0.3, 0.4) is 0 Å². The minimum atomic E-state index is 0.388. The summed E-state index contributed by atoms with van der Waals surface area (Å²) in [5, 5.41) is 9.27. The van der Waals surface area contributed by atoms with E-state index in [0.717, 1.165) is 65.5 Å². The van der Waals surface area contributed by atoms with Gasteiger partial charge in [-0.15, -0.1) is 5.10 Å². The highest BCUT2D eigenvalue weighted by Gasteiger charge is 2.29. The molecule has 1 aliphatic heterocycles. The number of ether oxygens (including phenoxy) is 1. The van der Waals surface area contributed by atoms with Gasteiger partial charge >= 0.3 is 0 Å². The van der Waals surface area contributed by atoms with Gasteiger partial charge in [0.1, 0.15) is 28.7 Å². The average Bonchev–Trinajstić information content (AvgIpc) is 3.30. The molecule has 3 heterocycles. The summed E-state index contributed by atoms with van der Waals surface area (Å²) in [5.74, 6) is 1.72. The molecule has 0 saturated carbocycles. The minimum Gasteiger partial charge on any atom is -0.486 e. The van der Waals surface area contributed by atoms with Crippen molar-refractivity contribution in [2.75, 3.05) is 5.32 Å². The van der Waals surface area contributed by atoms with Gasteiger partial charge in [-0.25, -0.2) is 4.52 Å². The first-order valence-electron chi connectivity index (χ1n) is 12.5. The highest BCUT2D eigenvalue weighted by atomic mass is 35.5. The standard InChI is InChI=1S/C30H27ClN4OS/c1-20-8-7-9-23(18-20)32-29(37)28-27(21-13-15-22(31)16-14-21)25-12-5-6-17-34-26(33-35(28)30(25)34)19-36-24-10-3-2-4-11-24/h2-4,7-11,13-16,18H,5-6,12,17,19H2,1H3,(H,32,37). The van der Waals surface area contributed by atoms with Crippen molar-refractivity contribution in [2.45, 2.75) is 39.3 Å². The number of hydrogen-bond acceptors (Lipinski definition) is 3. The number of nitrogens with zero attached hydrogens (tertiary/aromatic N) is 3. The summed E-state index contributed by atoms with van der Waals surface area (Å²) in [6.45, 7) is 3.36. The normalized spacial score (nSPS) is 12.9. The molecule has 0 spiro atoms. The summed E-state index contributed by atoms with van der Waals surface area (Å²) in [4.78, 5) is 0.637. The lowest BCUT2D eigenvalue weighted by Gasteiger charge is -2.12. The SMILES string of the molecule is Cc1cccc(NC(=S)c2c(-c3ccc(Cl)cc3)c3c4n(c(COc5ccccc5)nn24)CCCC3)c1. The number of rotatable bonds is 6. The number of thiocarbonyl (C=S) groups is 1. The van der Waals surface area contributed by atoms with Crippen molar-refractivity contribution in [1.29, 1.82) is 0 Å². The number of hydrogen-bond donors (Lipinski definition) is 1. The third-order valence-electron chi connectivity index (χ3n) is 6.80. The molecule has 1 N–H and O–H groups in total. The summed E-state index contributed by atoms with van der Waals surface area (Å²) in [6, 6.07) is 26.1. The second-order valence-corrected chi connectivity index (χ2v) is 10.2. The zero-order chi connectivity index (χ0) is 25.4. The Bertz CT molecular complexity index is 1590. The molecule has 0 amide bonds. The quantitative estimate of drug-likeness (QED) is 0.233. The van der Waals surface area contributed by atoms with Gasteiger partial charge < -0.3 is 14.6 Å². The smallest absolute Gasteiger partial charge is 0.169 e. The van der Waals surface area contributed by atoms with Crippen molar-refractivity contribution in [2.24, 2.45) is 0 Å². The summed E-state index contributed by atoms with van der Waals surface area (Å²) < 4.78 is 10.5. The molecule has 1 aliphatic rings. The van der Waals surface area contributed by atoms with Crippen LogP contribution >= 0.6 is 23.8 Å². The third-order valence-corrected chi connectivity index (χ3v) is 7.34. The van der Waals surface area contributed by atoms with E-state index >= 15 is 0 Å². The van der Waals surface area contributed by atoms with E-state index < -0.39 is 0 Å². The van der Waals surface area contributed by atoms with Crippen molar-refractivity contribution in [3.05, 3.63) is 107 Å². The largest absolute Gasteiger partial charge is 0.486 e. The average molecular weight is 527 g/mol. The fourth-order valence-electron chi connectivity index (χ4n) is 5.13. The third kappa shape index (κ3) is 4.63. The highest BCUT2D eigenvalue weighted by molar-refractivity contribution is 7.81. The molecule has 0 fully saturated rings.